The van der Waals surface area contributed by atoms with Crippen LogP contribution in [0.2, 0.25) is 0 Å². The second-order valence-electron chi connectivity index (χ2n) is 3.66. The summed E-state index contributed by atoms with van der Waals surface area (Å²) in [6.45, 7) is -0.843. The first-order chi connectivity index (χ1) is 6.38. The third-order valence-electron chi connectivity index (χ3n) is 1.91. The van der Waals surface area contributed by atoms with Crippen molar-refractivity contribution in [2.45, 2.75) is 26.1 Å². The second-order valence-corrected chi connectivity index (χ2v) is 3.66. The lowest BCUT2D eigenvalue weighted by atomic mass is 9.82. The molecule has 0 amide bonds. The number of nitrogens with zero attached hydrogens (tertiary/aromatic N) is 1. The lowest BCUT2D eigenvalue weighted by Gasteiger charge is -2.13. The van der Waals surface area contributed by atoms with E-state index in [9.17, 15) is 12.9 Å². The van der Waals surface area contributed by atoms with Crippen LogP contribution >= 0.6 is 0 Å². The molecular weight excluding hydrogens is 190 g/mol. The minimum absolute atomic E-state index is 0.238. The number of pyridine rings is 1. The summed E-state index contributed by atoms with van der Waals surface area (Å²) in [5.41, 5.74) is 1.06. The van der Waals surface area contributed by atoms with E-state index in [0.717, 1.165) is 5.69 Å². The molecule has 78 valence electrons. The van der Waals surface area contributed by atoms with E-state index in [2.05, 4.69) is 4.98 Å². The fraction of sp³-hybridized carbons (Fsp3) is 0.444. The smallest absolute Gasteiger partial charge is 0.449 e. The second kappa shape index (κ2) is 4.03. The van der Waals surface area contributed by atoms with Crippen LogP contribution in [0.1, 0.15) is 31.0 Å². The molecule has 0 saturated carbocycles. The summed E-state index contributed by atoms with van der Waals surface area (Å²) in [6.07, 6.45) is 0.468. The van der Waals surface area contributed by atoms with Crippen LogP contribution in [-0.2, 0) is 6.32 Å². The van der Waals surface area contributed by atoms with Gasteiger partial charge >= 0.3 is 6.98 Å². The molecule has 0 unspecified atom stereocenters. The number of aromatic nitrogens is 1. The molecular formula is C9H12BF3N-. The summed E-state index contributed by atoms with van der Waals surface area (Å²) in [6, 6.07) is 3.15. The Kier molecular flexibility index (Phi) is 3.19. The summed E-state index contributed by atoms with van der Waals surface area (Å²) >= 11 is 0. The minimum Gasteiger partial charge on any atom is -0.449 e. The normalized spacial score (nSPS) is 12.1. The highest BCUT2D eigenvalue weighted by Gasteiger charge is 2.23. The van der Waals surface area contributed by atoms with E-state index in [-0.39, 0.29) is 11.5 Å². The lowest BCUT2D eigenvalue weighted by molar-refractivity contribution is 0.468. The van der Waals surface area contributed by atoms with Gasteiger partial charge in [0.2, 0.25) is 0 Å². The molecule has 0 spiro atoms. The molecule has 1 aromatic rings. The van der Waals surface area contributed by atoms with E-state index in [1.807, 2.05) is 13.8 Å². The van der Waals surface area contributed by atoms with Gasteiger partial charge in [-0.1, -0.05) is 31.8 Å². The van der Waals surface area contributed by atoms with Crippen LogP contribution in [0, 0.1) is 0 Å². The Balaban J connectivity index is 2.74. The van der Waals surface area contributed by atoms with E-state index in [1.54, 1.807) is 6.07 Å². The van der Waals surface area contributed by atoms with Gasteiger partial charge in [-0.15, -0.1) is 0 Å². The summed E-state index contributed by atoms with van der Waals surface area (Å²) in [7, 11) is 0. The highest BCUT2D eigenvalue weighted by Crippen LogP contribution is 2.17. The molecule has 0 aliphatic rings. The van der Waals surface area contributed by atoms with Crippen LogP contribution in [-0.4, -0.2) is 12.0 Å². The van der Waals surface area contributed by atoms with Gasteiger partial charge in [0.05, 0.1) is 0 Å². The van der Waals surface area contributed by atoms with E-state index in [0.29, 0.717) is 0 Å². The molecule has 0 N–H and O–H groups in total. The fourth-order valence-corrected chi connectivity index (χ4v) is 1.17. The highest BCUT2D eigenvalue weighted by atomic mass is 19.4. The zero-order valence-electron chi connectivity index (χ0n) is 8.17. The topological polar surface area (TPSA) is 12.9 Å². The Morgan fingerprint density at radius 1 is 1.29 bits per heavy atom. The van der Waals surface area contributed by atoms with Gasteiger partial charge in [0.25, 0.3) is 0 Å². The van der Waals surface area contributed by atoms with Gasteiger partial charge in [0, 0.05) is 11.9 Å². The third kappa shape index (κ3) is 3.40. The van der Waals surface area contributed by atoms with Gasteiger partial charge in [0.15, 0.2) is 0 Å². The molecule has 0 bridgehead atoms. The SMILES string of the molecule is CC(C)c1ccc(C[B-](F)(F)F)cn1. The zero-order valence-corrected chi connectivity index (χ0v) is 8.17. The standard InChI is InChI=1S/C9H12BF3N/c1-7(2)9-4-3-8(6-14-9)5-10(11,12)13/h3-4,6-7H,5H2,1-2H3/q-1. The van der Waals surface area contributed by atoms with E-state index in [4.69, 9.17) is 0 Å². The first-order valence-electron chi connectivity index (χ1n) is 4.54. The van der Waals surface area contributed by atoms with Crippen LogP contribution in [0.25, 0.3) is 0 Å². The van der Waals surface area contributed by atoms with Gasteiger partial charge in [-0.05, 0) is 12.0 Å². The Bertz CT molecular complexity index is 292. The minimum atomic E-state index is -4.75. The first kappa shape index (κ1) is 11.1. The maximum Gasteiger partial charge on any atom is 0.482 e. The van der Waals surface area contributed by atoms with Crippen LogP contribution < -0.4 is 0 Å². The lowest BCUT2D eigenvalue weighted by Crippen LogP contribution is -2.19. The van der Waals surface area contributed by atoms with Crippen molar-refractivity contribution in [2.24, 2.45) is 0 Å². The Morgan fingerprint density at radius 3 is 2.29 bits per heavy atom. The van der Waals surface area contributed by atoms with Crippen molar-refractivity contribution >= 4 is 6.98 Å². The van der Waals surface area contributed by atoms with Crippen molar-refractivity contribution in [3.8, 4) is 0 Å². The average molecular weight is 202 g/mol. The van der Waals surface area contributed by atoms with Gasteiger partial charge in [-0.2, -0.15) is 0 Å². The maximum absolute atomic E-state index is 12.0. The first-order valence-corrected chi connectivity index (χ1v) is 4.54. The van der Waals surface area contributed by atoms with E-state index in [1.165, 1.54) is 12.3 Å². The van der Waals surface area contributed by atoms with E-state index >= 15 is 0 Å². The van der Waals surface area contributed by atoms with Crippen molar-refractivity contribution < 1.29 is 12.9 Å². The van der Waals surface area contributed by atoms with Gasteiger partial charge in [-0.3, -0.25) is 4.98 Å². The number of hydrogen-bond donors (Lipinski definition) is 0. The molecule has 0 fully saturated rings. The molecule has 0 aromatic carbocycles. The quantitative estimate of drug-likeness (QED) is 0.686. The molecule has 14 heavy (non-hydrogen) atoms. The molecule has 0 saturated heterocycles. The third-order valence-corrected chi connectivity index (χ3v) is 1.91. The van der Waals surface area contributed by atoms with Crippen molar-refractivity contribution in [1.29, 1.82) is 0 Å². The number of hydrogen-bond acceptors (Lipinski definition) is 1. The molecule has 0 aliphatic carbocycles. The van der Waals surface area contributed by atoms with Gasteiger partial charge < -0.3 is 12.9 Å². The van der Waals surface area contributed by atoms with E-state index < -0.39 is 13.3 Å². The summed E-state index contributed by atoms with van der Waals surface area (Å²) in [4.78, 5) is 3.97. The average Bonchev–Trinajstić information content (AvgIpc) is 2.02. The summed E-state index contributed by atoms with van der Waals surface area (Å²) in [5.74, 6) is 0.250. The molecule has 0 atom stereocenters. The van der Waals surface area contributed by atoms with Crippen molar-refractivity contribution in [2.75, 3.05) is 0 Å². The Hall–Kier alpha value is -0.995. The Labute approximate surface area is 81.4 Å². The molecule has 1 aromatic heterocycles. The monoisotopic (exact) mass is 202 g/mol. The van der Waals surface area contributed by atoms with Gasteiger partial charge in [-0.25, -0.2) is 0 Å². The number of halogens is 3. The maximum atomic E-state index is 12.0. The van der Waals surface area contributed by atoms with Crippen LogP contribution in [0.15, 0.2) is 18.3 Å². The fourth-order valence-electron chi connectivity index (χ4n) is 1.17. The van der Waals surface area contributed by atoms with Crippen LogP contribution in [0.3, 0.4) is 0 Å². The van der Waals surface area contributed by atoms with Crippen LogP contribution in [0.4, 0.5) is 12.9 Å². The highest BCUT2D eigenvalue weighted by molar-refractivity contribution is 6.57. The van der Waals surface area contributed by atoms with Crippen LogP contribution in [0.5, 0.6) is 0 Å². The molecule has 0 aliphatic heterocycles. The summed E-state index contributed by atoms with van der Waals surface area (Å²) in [5, 5.41) is 0. The van der Waals surface area contributed by atoms with Crippen molar-refractivity contribution in [3.05, 3.63) is 29.6 Å². The molecule has 5 heteroatoms. The largest absolute Gasteiger partial charge is 0.482 e. The Morgan fingerprint density at radius 2 is 1.93 bits per heavy atom. The zero-order chi connectivity index (χ0) is 10.8. The summed E-state index contributed by atoms with van der Waals surface area (Å²) < 4.78 is 36.1. The van der Waals surface area contributed by atoms with Crippen molar-refractivity contribution in [1.82, 2.24) is 4.98 Å². The molecule has 0 radical (unpaired) electrons. The molecule has 1 rings (SSSR count). The van der Waals surface area contributed by atoms with Gasteiger partial charge in [0.1, 0.15) is 0 Å². The number of rotatable bonds is 3. The molecule has 1 nitrogen and oxygen atoms in total. The predicted octanol–water partition coefficient (Wildman–Crippen LogP) is 3.13. The molecule has 1 heterocycles. The van der Waals surface area contributed by atoms with Crippen molar-refractivity contribution in [3.63, 3.8) is 0 Å². The predicted molar refractivity (Wildman–Crippen MR) is 51.1 cm³/mol.